The first kappa shape index (κ1) is 14.6. The lowest BCUT2D eigenvalue weighted by atomic mass is 10.1. The lowest BCUT2D eigenvalue weighted by molar-refractivity contribution is -0.385. The average molecular weight is 297 g/mol. The van der Waals surface area contributed by atoms with Crippen LogP contribution in [0.15, 0.2) is 12.3 Å². The van der Waals surface area contributed by atoms with Crippen LogP contribution in [0.2, 0.25) is 0 Å². The van der Waals surface area contributed by atoms with Gasteiger partial charge in [-0.15, -0.1) is 0 Å². The van der Waals surface area contributed by atoms with Gasteiger partial charge in [0.1, 0.15) is 17.6 Å². The van der Waals surface area contributed by atoms with Crippen LogP contribution in [0.1, 0.15) is 24.2 Å². The summed E-state index contributed by atoms with van der Waals surface area (Å²) in [4.78, 5) is 27.3. The molecule has 1 aliphatic heterocycles. The van der Waals surface area contributed by atoms with Crippen LogP contribution >= 0.6 is 11.8 Å². The molecular weight excluding hydrogens is 282 g/mol. The highest BCUT2D eigenvalue weighted by Gasteiger charge is 2.29. The fourth-order valence-electron chi connectivity index (χ4n) is 2.17. The highest BCUT2D eigenvalue weighted by Crippen LogP contribution is 2.30. The molecule has 0 saturated carbocycles. The van der Waals surface area contributed by atoms with Crippen molar-refractivity contribution in [3.63, 3.8) is 0 Å². The number of carbonyl (C=O) groups is 1. The van der Waals surface area contributed by atoms with Crippen molar-refractivity contribution < 1.29 is 14.8 Å². The van der Waals surface area contributed by atoms with Crippen LogP contribution in [0.5, 0.6) is 0 Å². The second kappa shape index (κ2) is 5.66. The van der Waals surface area contributed by atoms with Crippen LogP contribution in [-0.2, 0) is 0 Å². The quantitative estimate of drug-likeness (QED) is 0.673. The van der Waals surface area contributed by atoms with E-state index >= 15 is 0 Å². The van der Waals surface area contributed by atoms with Gasteiger partial charge in [-0.3, -0.25) is 10.1 Å². The standard InChI is InChI=1S/C12H15N3O4S/c1-7-8(2)20-4-3-14(7)11-5-9(12(16)17)10(6-13-11)15(18)19/h5-8H,3-4H2,1-2H3,(H,16,17). The summed E-state index contributed by atoms with van der Waals surface area (Å²) >= 11 is 1.85. The number of rotatable bonds is 3. The van der Waals surface area contributed by atoms with Gasteiger partial charge in [-0.2, -0.15) is 11.8 Å². The molecule has 8 heteroatoms. The van der Waals surface area contributed by atoms with Crippen molar-refractivity contribution in [2.45, 2.75) is 25.1 Å². The number of aromatic nitrogens is 1. The van der Waals surface area contributed by atoms with Crippen molar-refractivity contribution in [2.75, 3.05) is 17.2 Å². The predicted molar refractivity (Wildman–Crippen MR) is 76.6 cm³/mol. The smallest absolute Gasteiger partial charge is 0.342 e. The third-order valence-corrected chi connectivity index (χ3v) is 4.81. The van der Waals surface area contributed by atoms with Gasteiger partial charge < -0.3 is 10.0 Å². The van der Waals surface area contributed by atoms with Gasteiger partial charge in [-0.1, -0.05) is 6.92 Å². The van der Waals surface area contributed by atoms with E-state index in [-0.39, 0.29) is 11.6 Å². The molecule has 0 aromatic carbocycles. The molecular formula is C12H15N3O4S. The fourth-order valence-corrected chi connectivity index (χ4v) is 3.27. The molecule has 1 aromatic heterocycles. The van der Waals surface area contributed by atoms with Crippen molar-refractivity contribution in [2.24, 2.45) is 0 Å². The van der Waals surface area contributed by atoms with E-state index in [2.05, 4.69) is 11.9 Å². The Morgan fingerprint density at radius 2 is 2.30 bits per heavy atom. The van der Waals surface area contributed by atoms with Crippen LogP contribution in [0, 0.1) is 10.1 Å². The van der Waals surface area contributed by atoms with E-state index in [1.807, 2.05) is 23.6 Å². The summed E-state index contributed by atoms with van der Waals surface area (Å²) in [6.45, 7) is 4.89. The molecule has 20 heavy (non-hydrogen) atoms. The Morgan fingerprint density at radius 3 is 2.90 bits per heavy atom. The van der Waals surface area contributed by atoms with Gasteiger partial charge in [-0.05, 0) is 6.92 Å². The van der Waals surface area contributed by atoms with Crippen molar-refractivity contribution in [3.8, 4) is 0 Å². The third-order valence-electron chi connectivity index (χ3n) is 3.47. The van der Waals surface area contributed by atoms with E-state index in [4.69, 9.17) is 5.11 Å². The first-order chi connectivity index (χ1) is 9.41. The highest BCUT2D eigenvalue weighted by molar-refractivity contribution is 8.00. The minimum absolute atomic E-state index is 0.198. The molecule has 0 radical (unpaired) electrons. The number of carboxylic acid groups (broad SMARTS) is 1. The predicted octanol–water partition coefficient (Wildman–Crippen LogP) is 2.02. The Kier molecular flexibility index (Phi) is 4.12. The van der Waals surface area contributed by atoms with Crippen molar-refractivity contribution in [3.05, 3.63) is 27.9 Å². The number of anilines is 1. The molecule has 1 fully saturated rings. The summed E-state index contributed by atoms with van der Waals surface area (Å²) in [7, 11) is 0. The van der Waals surface area contributed by atoms with E-state index < -0.39 is 16.6 Å². The van der Waals surface area contributed by atoms with E-state index in [1.165, 1.54) is 6.07 Å². The maximum Gasteiger partial charge on any atom is 0.342 e. The monoisotopic (exact) mass is 297 g/mol. The van der Waals surface area contributed by atoms with Gasteiger partial charge in [0, 0.05) is 29.7 Å². The zero-order chi connectivity index (χ0) is 14.9. The van der Waals surface area contributed by atoms with Crippen molar-refractivity contribution in [1.29, 1.82) is 0 Å². The molecule has 0 amide bonds. The van der Waals surface area contributed by atoms with E-state index in [0.29, 0.717) is 11.1 Å². The average Bonchev–Trinajstić information content (AvgIpc) is 2.41. The first-order valence-electron chi connectivity index (χ1n) is 6.17. The number of thioether (sulfide) groups is 1. The number of nitrogens with zero attached hydrogens (tertiary/aromatic N) is 3. The zero-order valence-electron chi connectivity index (χ0n) is 11.1. The largest absolute Gasteiger partial charge is 0.477 e. The lowest BCUT2D eigenvalue weighted by Crippen LogP contribution is -2.45. The molecule has 2 unspecified atom stereocenters. The molecule has 7 nitrogen and oxygen atoms in total. The normalized spacial score (nSPS) is 22.6. The zero-order valence-corrected chi connectivity index (χ0v) is 12.0. The summed E-state index contributed by atoms with van der Waals surface area (Å²) < 4.78 is 0. The summed E-state index contributed by atoms with van der Waals surface area (Å²) in [6, 6.07) is 1.49. The van der Waals surface area contributed by atoms with Crippen molar-refractivity contribution in [1.82, 2.24) is 4.98 Å². The van der Waals surface area contributed by atoms with Crippen LogP contribution in [0.25, 0.3) is 0 Å². The number of hydrogen-bond acceptors (Lipinski definition) is 6. The summed E-state index contributed by atoms with van der Waals surface area (Å²) in [5, 5.41) is 20.3. The summed E-state index contributed by atoms with van der Waals surface area (Å²) in [5.41, 5.74) is -0.800. The molecule has 2 heterocycles. The lowest BCUT2D eigenvalue weighted by Gasteiger charge is -2.38. The molecule has 0 spiro atoms. The highest BCUT2D eigenvalue weighted by atomic mass is 32.2. The SMILES string of the molecule is CC1SCCN(c2cc(C(=O)O)c([N+](=O)[O-])cn2)C1C. The van der Waals surface area contributed by atoms with Crippen LogP contribution in [0.3, 0.4) is 0 Å². The minimum Gasteiger partial charge on any atom is -0.477 e. The van der Waals surface area contributed by atoms with Crippen molar-refractivity contribution >= 4 is 29.2 Å². The van der Waals surface area contributed by atoms with Gasteiger partial charge in [0.05, 0.1) is 4.92 Å². The summed E-state index contributed by atoms with van der Waals surface area (Å²) in [6.07, 6.45) is 1.03. The Labute approximate surface area is 120 Å². The van der Waals surface area contributed by atoms with Crippen LogP contribution in [-0.4, -0.2) is 44.6 Å². The van der Waals surface area contributed by atoms with Crippen LogP contribution in [0.4, 0.5) is 11.5 Å². The molecule has 1 aromatic rings. The minimum atomic E-state index is -1.31. The van der Waals surface area contributed by atoms with Gasteiger partial charge in [-0.25, -0.2) is 9.78 Å². The second-order valence-corrected chi connectivity index (χ2v) is 6.12. The Balaban J connectivity index is 2.40. The van der Waals surface area contributed by atoms with Gasteiger partial charge in [0.2, 0.25) is 0 Å². The van der Waals surface area contributed by atoms with Gasteiger partial charge in [0.25, 0.3) is 0 Å². The molecule has 0 aliphatic carbocycles. The maximum atomic E-state index is 11.2. The fraction of sp³-hybridized carbons (Fsp3) is 0.500. The number of aromatic carboxylic acids is 1. The van der Waals surface area contributed by atoms with E-state index in [1.54, 1.807) is 0 Å². The molecule has 2 atom stereocenters. The summed E-state index contributed by atoms with van der Waals surface area (Å²) in [5.74, 6) is 0.0899. The third kappa shape index (κ3) is 2.69. The first-order valence-corrected chi connectivity index (χ1v) is 7.22. The van der Waals surface area contributed by atoms with E-state index in [0.717, 1.165) is 18.5 Å². The molecule has 1 saturated heterocycles. The number of nitro groups is 1. The molecule has 2 rings (SSSR count). The number of hydrogen-bond donors (Lipinski definition) is 1. The van der Waals surface area contributed by atoms with Gasteiger partial charge in [0.15, 0.2) is 0 Å². The maximum absolute atomic E-state index is 11.2. The molecule has 1 N–H and O–H groups in total. The Morgan fingerprint density at radius 1 is 1.60 bits per heavy atom. The van der Waals surface area contributed by atoms with Gasteiger partial charge >= 0.3 is 11.7 Å². The Bertz CT molecular complexity index is 552. The number of pyridine rings is 1. The van der Waals surface area contributed by atoms with E-state index in [9.17, 15) is 14.9 Å². The Hall–Kier alpha value is -1.83. The molecule has 1 aliphatic rings. The number of carboxylic acids is 1. The second-order valence-electron chi connectivity index (χ2n) is 4.63. The van der Waals surface area contributed by atoms with Crippen LogP contribution < -0.4 is 4.90 Å². The molecule has 108 valence electrons. The topological polar surface area (TPSA) is 96.6 Å². The molecule has 0 bridgehead atoms.